The highest BCUT2D eigenvalue weighted by molar-refractivity contribution is 14.1. The zero-order valence-electron chi connectivity index (χ0n) is 13.9. The molecule has 0 heterocycles. The van der Waals surface area contributed by atoms with Gasteiger partial charge in [-0.15, -0.1) is 0 Å². The third-order valence-electron chi connectivity index (χ3n) is 3.00. The minimum absolute atomic E-state index is 0.107. The quantitative estimate of drug-likeness (QED) is 0.418. The molecule has 0 aromatic carbocycles. The molecule has 2 heteroatoms. The van der Waals surface area contributed by atoms with E-state index in [1.807, 2.05) is 31.2 Å². The predicted octanol–water partition coefficient (Wildman–Crippen LogP) is 6.22. The van der Waals surface area contributed by atoms with E-state index in [9.17, 15) is 0 Å². The van der Waals surface area contributed by atoms with Crippen LogP contribution in [0.1, 0.15) is 41.0 Å². The van der Waals surface area contributed by atoms with E-state index >= 15 is 0 Å². The van der Waals surface area contributed by atoms with Crippen LogP contribution in [0.15, 0.2) is 69.5 Å². The van der Waals surface area contributed by atoms with Crippen LogP contribution in [0.2, 0.25) is 0 Å². The lowest BCUT2D eigenvalue weighted by molar-refractivity contribution is 0.515. The van der Waals surface area contributed by atoms with Crippen molar-refractivity contribution >= 4 is 22.6 Å². The summed E-state index contributed by atoms with van der Waals surface area (Å²) in [5, 5.41) is 0. The summed E-state index contributed by atoms with van der Waals surface area (Å²) >= 11 is 2.39. The summed E-state index contributed by atoms with van der Waals surface area (Å²) in [7, 11) is 0. The molecule has 2 N–H and O–H groups in total. The van der Waals surface area contributed by atoms with Crippen molar-refractivity contribution in [2.75, 3.05) is 0 Å². The summed E-state index contributed by atoms with van der Waals surface area (Å²) in [4.78, 5) is 0. The van der Waals surface area contributed by atoms with Crippen molar-refractivity contribution in [2.24, 2.45) is 11.1 Å². The molecule has 0 aromatic rings. The maximum atomic E-state index is 5.55. The van der Waals surface area contributed by atoms with Crippen LogP contribution in [0.25, 0.3) is 0 Å². The average molecular weight is 397 g/mol. The maximum absolute atomic E-state index is 5.55. The minimum atomic E-state index is 0.107. The van der Waals surface area contributed by atoms with Crippen molar-refractivity contribution in [2.45, 2.75) is 41.0 Å². The second-order valence-electron chi connectivity index (χ2n) is 5.71. The van der Waals surface area contributed by atoms with Crippen molar-refractivity contribution in [3.05, 3.63) is 69.5 Å². The highest BCUT2D eigenvalue weighted by atomic mass is 127. The highest BCUT2D eigenvalue weighted by Gasteiger charge is 2.14. The van der Waals surface area contributed by atoms with Crippen LogP contribution in [-0.4, -0.2) is 0 Å². The summed E-state index contributed by atoms with van der Waals surface area (Å²) in [6.07, 6.45) is 19.3. The van der Waals surface area contributed by atoms with Crippen molar-refractivity contribution in [3.8, 4) is 0 Å². The van der Waals surface area contributed by atoms with Gasteiger partial charge < -0.3 is 5.73 Å². The van der Waals surface area contributed by atoms with E-state index in [1.54, 1.807) is 6.20 Å². The van der Waals surface area contributed by atoms with Gasteiger partial charge in [-0.05, 0) is 77.8 Å². The Kier molecular flexibility index (Phi) is 10.1. The standard InChI is InChI=1S/C19H28IN/c1-6-8-9-10-11-18(20)16(7-2)12-13-17(14-15-21)19(3,4)5/h6-11,13-15H,12,21H2,1-5H3/b8-6-,10-9?,15-14-,16-7-,17-13+,18-11?. The molecule has 0 unspecified atom stereocenters. The molecule has 0 aliphatic rings. The van der Waals surface area contributed by atoms with Crippen LogP contribution < -0.4 is 5.73 Å². The zero-order chi connectivity index (χ0) is 16.3. The number of halogens is 1. The smallest absolute Gasteiger partial charge is 0.0162 e. The molecule has 0 aromatic heterocycles. The Morgan fingerprint density at radius 3 is 2.24 bits per heavy atom. The second kappa shape index (κ2) is 10.7. The van der Waals surface area contributed by atoms with E-state index in [0.29, 0.717) is 0 Å². The molecule has 0 aliphatic heterocycles. The number of hydrogen-bond acceptors (Lipinski definition) is 1. The van der Waals surface area contributed by atoms with Crippen molar-refractivity contribution in [3.63, 3.8) is 0 Å². The van der Waals surface area contributed by atoms with Gasteiger partial charge in [0.15, 0.2) is 0 Å². The number of nitrogens with two attached hydrogens (primary N) is 1. The molecule has 0 fully saturated rings. The van der Waals surface area contributed by atoms with Crippen LogP contribution in [0, 0.1) is 5.41 Å². The molecule has 0 atom stereocenters. The molecular formula is C19H28IN. The summed E-state index contributed by atoms with van der Waals surface area (Å²) in [5.41, 5.74) is 8.25. The first-order valence-corrected chi connectivity index (χ1v) is 8.34. The summed E-state index contributed by atoms with van der Waals surface area (Å²) < 4.78 is 1.26. The summed E-state index contributed by atoms with van der Waals surface area (Å²) in [6.45, 7) is 10.7. The molecule has 21 heavy (non-hydrogen) atoms. The Morgan fingerprint density at radius 1 is 1.10 bits per heavy atom. The first-order chi connectivity index (χ1) is 9.86. The molecule has 0 amide bonds. The van der Waals surface area contributed by atoms with E-state index in [2.05, 4.69) is 74.6 Å². The SMILES string of the molecule is C/C=C\C=CC=C(I)/C(=C\C)C/C=C(\C=C/N)C(C)(C)C. The summed E-state index contributed by atoms with van der Waals surface area (Å²) in [6, 6.07) is 0. The van der Waals surface area contributed by atoms with E-state index in [0.717, 1.165) is 6.42 Å². The average Bonchev–Trinajstić information content (AvgIpc) is 2.42. The summed E-state index contributed by atoms with van der Waals surface area (Å²) in [5.74, 6) is 0. The van der Waals surface area contributed by atoms with Gasteiger partial charge in [0.25, 0.3) is 0 Å². The fourth-order valence-corrected chi connectivity index (χ4v) is 2.46. The van der Waals surface area contributed by atoms with E-state index < -0.39 is 0 Å². The number of hydrogen-bond donors (Lipinski definition) is 1. The molecule has 0 radical (unpaired) electrons. The van der Waals surface area contributed by atoms with Gasteiger partial charge in [0, 0.05) is 3.58 Å². The minimum Gasteiger partial charge on any atom is -0.405 e. The van der Waals surface area contributed by atoms with Gasteiger partial charge in [-0.3, -0.25) is 0 Å². The number of allylic oxidation sites excluding steroid dienone is 11. The lowest BCUT2D eigenvalue weighted by atomic mass is 9.85. The fraction of sp³-hybridized carbons (Fsp3) is 0.368. The van der Waals surface area contributed by atoms with E-state index in [-0.39, 0.29) is 5.41 Å². The molecule has 0 bridgehead atoms. The van der Waals surface area contributed by atoms with Crippen molar-refractivity contribution < 1.29 is 0 Å². The molecule has 0 saturated carbocycles. The molecule has 0 aliphatic carbocycles. The van der Waals surface area contributed by atoms with E-state index in [4.69, 9.17) is 5.73 Å². The van der Waals surface area contributed by atoms with E-state index in [1.165, 1.54) is 14.7 Å². The Labute approximate surface area is 144 Å². The van der Waals surface area contributed by atoms with Gasteiger partial charge >= 0.3 is 0 Å². The van der Waals surface area contributed by atoms with Gasteiger partial charge in [0.2, 0.25) is 0 Å². The largest absolute Gasteiger partial charge is 0.405 e. The fourth-order valence-electron chi connectivity index (χ4n) is 1.72. The first kappa shape index (κ1) is 20.0. The molecule has 0 saturated heterocycles. The van der Waals surface area contributed by atoms with Gasteiger partial charge in [0.1, 0.15) is 0 Å². The molecule has 0 spiro atoms. The van der Waals surface area contributed by atoms with Crippen molar-refractivity contribution in [1.82, 2.24) is 0 Å². The second-order valence-corrected chi connectivity index (χ2v) is 6.87. The van der Waals surface area contributed by atoms with Crippen LogP contribution in [0.4, 0.5) is 0 Å². The Bertz CT molecular complexity index is 480. The maximum Gasteiger partial charge on any atom is 0.0162 e. The molecular weight excluding hydrogens is 369 g/mol. The van der Waals surface area contributed by atoms with Gasteiger partial charge in [0.05, 0.1) is 0 Å². The van der Waals surface area contributed by atoms with Crippen LogP contribution >= 0.6 is 22.6 Å². The molecule has 0 rings (SSSR count). The first-order valence-electron chi connectivity index (χ1n) is 7.26. The molecule has 116 valence electrons. The normalized spacial score (nSPS) is 15.8. The lowest BCUT2D eigenvalue weighted by Gasteiger charge is -2.20. The predicted molar refractivity (Wildman–Crippen MR) is 105 cm³/mol. The van der Waals surface area contributed by atoms with Crippen LogP contribution in [-0.2, 0) is 0 Å². The third-order valence-corrected chi connectivity index (χ3v) is 4.05. The highest BCUT2D eigenvalue weighted by Crippen LogP contribution is 2.29. The number of rotatable bonds is 6. The van der Waals surface area contributed by atoms with Gasteiger partial charge in [-0.2, -0.15) is 0 Å². The molecule has 1 nitrogen and oxygen atoms in total. The lowest BCUT2D eigenvalue weighted by Crippen LogP contribution is -2.08. The topological polar surface area (TPSA) is 26.0 Å². The van der Waals surface area contributed by atoms with Gasteiger partial charge in [-0.25, -0.2) is 0 Å². The Balaban J connectivity index is 5.08. The van der Waals surface area contributed by atoms with Crippen molar-refractivity contribution in [1.29, 1.82) is 0 Å². The Hall–Kier alpha value is -1.03. The third kappa shape index (κ3) is 8.76. The zero-order valence-corrected chi connectivity index (χ0v) is 16.0. The van der Waals surface area contributed by atoms with Gasteiger partial charge in [-0.1, -0.05) is 57.2 Å². The van der Waals surface area contributed by atoms with Crippen LogP contribution in [0.5, 0.6) is 0 Å². The van der Waals surface area contributed by atoms with Crippen LogP contribution in [0.3, 0.4) is 0 Å². The monoisotopic (exact) mass is 397 g/mol. The Morgan fingerprint density at radius 2 is 1.76 bits per heavy atom.